The summed E-state index contributed by atoms with van der Waals surface area (Å²) < 4.78 is 0. The van der Waals surface area contributed by atoms with Gasteiger partial charge in [0.1, 0.15) is 0 Å². The van der Waals surface area contributed by atoms with Crippen molar-refractivity contribution < 1.29 is 0 Å². The Kier molecular flexibility index (Phi) is 4.22. The fourth-order valence-electron chi connectivity index (χ4n) is 3.39. The van der Waals surface area contributed by atoms with E-state index >= 15 is 0 Å². The van der Waals surface area contributed by atoms with Crippen LogP contribution in [0, 0.1) is 5.92 Å². The molecule has 2 aliphatic rings. The van der Waals surface area contributed by atoms with Crippen molar-refractivity contribution in [2.24, 2.45) is 11.7 Å². The molecule has 0 aromatic rings. The van der Waals surface area contributed by atoms with Gasteiger partial charge in [0.05, 0.1) is 0 Å². The molecule has 0 saturated carbocycles. The summed E-state index contributed by atoms with van der Waals surface area (Å²) in [5, 5.41) is 0. The molecular weight excluding hydrogens is 198 g/mol. The molecule has 0 aromatic heterocycles. The standard InChI is InChI=1S/C13H27N3/c1-11-5-7-16(13(8-11)9-14)12-4-3-6-15(2)10-12/h11-13H,3-10,14H2,1-2H3. The van der Waals surface area contributed by atoms with Gasteiger partial charge in [0.15, 0.2) is 0 Å². The number of hydrogen-bond donors (Lipinski definition) is 1. The van der Waals surface area contributed by atoms with E-state index in [1.807, 2.05) is 0 Å². The van der Waals surface area contributed by atoms with Gasteiger partial charge in [-0.1, -0.05) is 6.92 Å². The molecule has 3 atom stereocenters. The van der Waals surface area contributed by atoms with Gasteiger partial charge in [0.25, 0.3) is 0 Å². The Bertz CT molecular complexity index is 219. The highest BCUT2D eigenvalue weighted by Crippen LogP contribution is 2.26. The first-order chi connectivity index (χ1) is 7.70. The van der Waals surface area contributed by atoms with E-state index in [1.54, 1.807) is 0 Å². The van der Waals surface area contributed by atoms with Crippen molar-refractivity contribution in [1.29, 1.82) is 0 Å². The second kappa shape index (κ2) is 5.48. The monoisotopic (exact) mass is 225 g/mol. The Balaban J connectivity index is 1.95. The van der Waals surface area contributed by atoms with Crippen LogP contribution in [-0.4, -0.2) is 55.1 Å². The quantitative estimate of drug-likeness (QED) is 0.765. The molecule has 0 amide bonds. The SMILES string of the molecule is CC1CCN(C2CCCN(C)C2)C(CN)C1. The molecule has 2 saturated heterocycles. The zero-order valence-electron chi connectivity index (χ0n) is 10.9. The van der Waals surface area contributed by atoms with Crippen molar-refractivity contribution in [2.45, 2.75) is 44.7 Å². The third kappa shape index (κ3) is 2.76. The number of rotatable bonds is 2. The molecule has 2 fully saturated rings. The smallest absolute Gasteiger partial charge is 0.0227 e. The first-order valence-electron chi connectivity index (χ1n) is 6.85. The molecule has 2 rings (SSSR count). The van der Waals surface area contributed by atoms with E-state index in [4.69, 9.17) is 5.73 Å². The Morgan fingerprint density at radius 1 is 1.25 bits per heavy atom. The highest BCUT2D eigenvalue weighted by molar-refractivity contribution is 4.88. The molecule has 94 valence electrons. The molecule has 0 bridgehead atoms. The lowest BCUT2D eigenvalue weighted by atomic mass is 9.89. The largest absolute Gasteiger partial charge is 0.329 e. The molecule has 2 aliphatic heterocycles. The number of nitrogens with two attached hydrogens (primary N) is 1. The van der Waals surface area contributed by atoms with E-state index in [0.29, 0.717) is 6.04 Å². The number of likely N-dealkylation sites (tertiary alicyclic amines) is 2. The maximum absolute atomic E-state index is 5.94. The van der Waals surface area contributed by atoms with Crippen LogP contribution < -0.4 is 5.73 Å². The van der Waals surface area contributed by atoms with Gasteiger partial charge in [-0.15, -0.1) is 0 Å². The van der Waals surface area contributed by atoms with Crippen LogP contribution in [-0.2, 0) is 0 Å². The van der Waals surface area contributed by atoms with E-state index in [-0.39, 0.29) is 0 Å². The summed E-state index contributed by atoms with van der Waals surface area (Å²) in [7, 11) is 2.25. The zero-order valence-corrected chi connectivity index (χ0v) is 10.9. The van der Waals surface area contributed by atoms with Gasteiger partial charge in [-0.2, -0.15) is 0 Å². The molecule has 3 heteroatoms. The van der Waals surface area contributed by atoms with E-state index in [1.165, 1.54) is 45.3 Å². The molecule has 0 radical (unpaired) electrons. The van der Waals surface area contributed by atoms with E-state index in [0.717, 1.165) is 18.5 Å². The van der Waals surface area contributed by atoms with Crippen molar-refractivity contribution in [3.63, 3.8) is 0 Å². The van der Waals surface area contributed by atoms with Crippen LogP contribution in [0.15, 0.2) is 0 Å². The topological polar surface area (TPSA) is 32.5 Å². The third-order valence-electron chi connectivity index (χ3n) is 4.36. The minimum atomic E-state index is 0.639. The summed E-state index contributed by atoms with van der Waals surface area (Å²) >= 11 is 0. The van der Waals surface area contributed by atoms with Crippen molar-refractivity contribution in [1.82, 2.24) is 9.80 Å². The molecule has 2 heterocycles. The van der Waals surface area contributed by atoms with Gasteiger partial charge < -0.3 is 10.6 Å². The van der Waals surface area contributed by atoms with Crippen molar-refractivity contribution in [2.75, 3.05) is 33.2 Å². The van der Waals surface area contributed by atoms with Crippen molar-refractivity contribution in [3.05, 3.63) is 0 Å². The Morgan fingerprint density at radius 3 is 2.75 bits per heavy atom. The third-order valence-corrected chi connectivity index (χ3v) is 4.36. The minimum absolute atomic E-state index is 0.639. The second-order valence-corrected chi connectivity index (χ2v) is 5.82. The Labute approximate surface area is 100.0 Å². The Morgan fingerprint density at radius 2 is 2.06 bits per heavy atom. The lowest BCUT2D eigenvalue weighted by molar-refractivity contribution is 0.0389. The highest BCUT2D eigenvalue weighted by Gasteiger charge is 2.32. The molecule has 0 spiro atoms. The molecule has 0 aromatic carbocycles. The molecule has 3 nitrogen and oxygen atoms in total. The lowest BCUT2D eigenvalue weighted by Gasteiger charge is -2.45. The van der Waals surface area contributed by atoms with Crippen LogP contribution in [0.3, 0.4) is 0 Å². The first-order valence-corrected chi connectivity index (χ1v) is 6.85. The van der Waals surface area contributed by atoms with Gasteiger partial charge in [0, 0.05) is 25.2 Å². The normalized spacial score (nSPS) is 38.8. The van der Waals surface area contributed by atoms with Gasteiger partial charge in [-0.3, -0.25) is 4.90 Å². The summed E-state index contributed by atoms with van der Waals surface area (Å²) in [5.74, 6) is 0.867. The van der Waals surface area contributed by atoms with Crippen LogP contribution in [0.1, 0.15) is 32.6 Å². The van der Waals surface area contributed by atoms with Crippen molar-refractivity contribution >= 4 is 0 Å². The van der Waals surface area contributed by atoms with E-state index in [2.05, 4.69) is 23.8 Å². The average Bonchev–Trinajstić information content (AvgIpc) is 2.28. The molecule has 2 N–H and O–H groups in total. The van der Waals surface area contributed by atoms with Crippen molar-refractivity contribution in [3.8, 4) is 0 Å². The van der Waals surface area contributed by atoms with Gasteiger partial charge in [-0.05, 0) is 51.7 Å². The lowest BCUT2D eigenvalue weighted by Crippen LogP contribution is -2.55. The predicted molar refractivity (Wildman–Crippen MR) is 68.5 cm³/mol. The summed E-state index contributed by atoms with van der Waals surface area (Å²) in [6, 6.07) is 1.40. The van der Waals surface area contributed by atoms with Gasteiger partial charge >= 0.3 is 0 Å². The predicted octanol–water partition coefficient (Wildman–Crippen LogP) is 1.14. The van der Waals surface area contributed by atoms with Crippen LogP contribution >= 0.6 is 0 Å². The summed E-state index contributed by atoms with van der Waals surface area (Å²) in [6.45, 7) is 6.98. The number of hydrogen-bond acceptors (Lipinski definition) is 3. The van der Waals surface area contributed by atoms with Gasteiger partial charge in [0.2, 0.25) is 0 Å². The molecule has 3 unspecified atom stereocenters. The molecular formula is C13H27N3. The van der Waals surface area contributed by atoms with Crippen LogP contribution in [0.2, 0.25) is 0 Å². The van der Waals surface area contributed by atoms with Crippen LogP contribution in [0.25, 0.3) is 0 Å². The summed E-state index contributed by atoms with van der Waals surface area (Å²) in [6.07, 6.45) is 5.38. The maximum atomic E-state index is 5.94. The number of nitrogens with zero attached hydrogens (tertiary/aromatic N) is 2. The van der Waals surface area contributed by atoms with E-state index in [9.17, 15) is 0 Å². The Hall–Kier alpha value is -0.120. The van der Waals surface area contributed by atoms with Crippen LogP contribution in [0.4, 0.5) is 0 Å². The number of likely N-dealkylation sites (N-methyl/N-ethyl adjacent to an activating group) is 1. The second-order valence-electron chi connectivity index (χ2n) is 5.82. The fourth-order valence-corrected chi connectivity index (χ4v) is 3.39. The molecule has 16 heavy (non-hydrogen) atoms. The first kappa shape index (κ1) is 12.3. The minimum Gasteiger partial charge on any atom is -0.329 e. The van der Waals surface area contributed by atoms with Gasteiger partial charge in [-0.25, -0.2) is 0 Å². The molecule has 0 aliphatic carbocycles. The summed E-state index contributed by atoms with van der Waals surface area (Å²) in [5.41, 5.74) is 5.94. The number of piperidine rings is 2. The highest BCUT2D eigenvalue weighted by atomic mass is 15.2. The van der Waals surface area contributed by atoms with E-state index < -0.39 is 0 Å². The zero-order chi connectivity index (χ0) is 11.5. The maximum Gasteiger partial charge on any atom is 0.0227 e. The fraction of sp³-hybridized carbons (Fsp3) is 1.00. The van der Waals surface area contributed by atoms with Crippen LogP contribution in [0.5, 0.6) is 0 Å². The summed E-state index contributed by atoms with van der Waals surface area (Å²) in [4.78, 5) is 5.18. The average molecular weight is 225 g/mol.